The van der Waals surface area contributed by atoms with Crippen LogP contribution in [0, 0.1) is 0 Å². The molecule has 0 aliphatic carbocycles. The third kappa shape index (κ3) is 5.13. The van der Waals surface area contributed by atoms with E-state index in [1.807, 2.05) is 121 Å². The molecule has 2 heterocycles. The van der Waals surface area contributed by atoms with Gasteiger partial charge in [-0.3, -0.25) is 0 Å². The molecule has 6 rings (SSSR count). The average Bonchev–Trinajstić information content (AvgIpc) is 2.99. The van der Waals surface area contributed by atoms with Gasteiger partial charge in [0.25, 0.3) is 0 Å². The molecule has 4 aromatic carbocycles. The van der Waals surface area contributed by atoms with Gasteiger partial charge in [0.1, 0.15) is 11.6 Å². The Morgan fingerprint density at radius 2 is 0.541 bits per heavy atom. The fraction of sp³-hybridized carbons (Fsp3) is 0.0323. The van der Waals surface area contributed by atoms with Gasteiger partial charge in [0.2, 0.25) is 0 Å². The molecule has 0 amide bonds. The lowest BCUT2D eigenvalue weighted by Crippen LogP contribution is -2.08. The number of aromatic nitrogens is 6. The molecular formula is C31H22N6. The topological polar surface area (TPSA) is 77.3 Å². The maximum atomic E-state index is 4.81. The van der Waals surface area contributed by atoms with E-state index >= 15 is 0 Å². The fourth-order valence-corrected chi connectivity index (χ4v) is 4.00. The number of nitrogens with zero attached hydrogens (tertiary/aromatic N) is 6. The zero-order valence-electron chi connectivity index (χ0n) is 19.9. The van der Waals surface area contributed by atoms with Crippen molar-refractivity contribution in [3.05, 3.63) is 133 Å². The lowest BCUT2D eigenvalue weighted by atomic mass is 10.1. The van der Waals surface area contributed by atoms with Crippen LogP contribution in [0.15, 0.2) is 121 Å². The van der Waals surface area contributed by atoms with Crippen LogP contribution < -0.4 is 0 Å². The van der Waals surface area contributed by atoms with Crippen LogP contribution in [0.25, 0.3) is 45.6 Å². The van der Waals surface area contributed by atoms with Gasteiger partial charge in [0.05, 0.1) is 6.42 Å². The largest absolute Gasteiger partial charge is 0.213 e. The van der Waals surface area contributed by atoms with Crippen molar-refractivity contribution < 1.29 is 0 Å². The minimum absolute atomic E-state index is 0.338. The van der Waals surface area contributed by atoms with Gasteiger partial charge in [-0.1, -0.05) is 121 Å². The molecule has 0 atom stereocenters. The third-order valence-electron chi connectivity index (χ3n) is 5.81. The molecule has 0 aliphatic rings. The highest BCUT2D eigenvalue weighted by Crippen LogP contribution is 2.23. The molecule has 0 unspecified atom stereocenters. The lowest BCUT2D eigenvalue weighted by Gasteiger charge is -2.10. The van der Waals surface area contributed by atoms with E-state index in [2.05, 4.69) is 0 Å². The molecule has 0 spiro atoms. The summed E-state index contributed by atoms with van der Waals surface area (Å²) in [5, 5.41) is 0. The number of rotatable bonds is 6. The summed E-state index contributed by atoms with van der Waals surface area (Å²) in [5.41, 5.74) is 3.70. The Hall–Kier alpha value is -5.10. The van der Waals surface area contributed by atoms with Crippen molar-refractivity contribution in [3.8, 4) is 45.6 Å². The first kappa shape index (κ1) is 22.4. The van der Waals surface area contributed by atoms with Crippen molar-refractivity contribution in [1.29, 1.82) is 0 Å². The zero-order chi connectivity index (χ0) is 24.9. The number of hydrogen-bond acceptors (Lipinski definition) is 6. The molecule has 0 bridgehead atoms. The van der Waals surface area contributed by atoms with E-state index in [0.29, 0.717) is 41.4 Å². The lowest BCUT2D eigenvalue weighted by molar-refractivity contribution is 0.860. The van der Waals surface area contributed by atoms with E-state index in [1.54, 1.807) is 0 Å². The monoisotopic (exact) mass is 478 g/mol. The first-order chi connectivity index (χ1) is 18.3. The highest BCUT2D eigenvalue weighted by atomic mass is 15.1. The van der Waals surface area contributed by atoms with Gasteiger partial charge in [-0.2, -0.15) is 0 Å². The average molecular weight is 479 g/mol. The summed E-state index contributed by atoms with van der Waals surface area (Å²) in [7, 11) is 0. The van der Waals surface area contributed by atoms with E-state index in [0.717, 1.165) is 22.3 Å². The Kier molecular flexibility index (Phi) is 6.20. The minimum Gasteiger partial charge on any atom is -0.213 e. The van der Waals surface area contributed by atoms with Gasteiger partial charge in [-0.05, 0) is 0 Å². The number of benzene rings is 4. The van der Waals surface area contributed by atoms with Gasteiger partial charge in [-0.25, -0.2) is 29.9 Å². The fourth-order valence-electron chi connectivity index (χ4n) is 4.00. The predicted octanol–water partition coefficient (Wildman–Crippen LogP) is 6.32. The first-order valence-corrected chi connectivity index (χ1v) is 12.0. The molecule has 0 fully saturated rings. The van der Waals surface area contributed by atoms with Crippen LogP contribution in [-0.2, 0) is 6.42 Å². The molecule has 0 aliphatic heterocycles. The van der Waals surface area contributed by atoms with E-state index in [1.165, 1.54) is 0 Å². The Labute approximate surface area is 214 Å². The Morgan fingerprint density at radius 1 is 0.297 bits per heavy atom. The van der Waals surface area contributed by atoms with Crippen LogP contribution in [0.5, 0.6) is 0 Å². The predicted molar refractivity (Wildman–Crippen MR) is 144 cm³/mol. The molecular weight excluding hydrogens is 456 g/mol. The first-order valence-electron chi connectivity index (χ1n) is 12.0. The summed E-state index contributed by atoms with van der Waals surface area (Å²) in [6.45, 7) is 0. The van der Waals surface area contributed by atoms with Gasteiger partial charge < -0.3 is 0 Å². The molecule has 6 nitrogen and oxygen atoms in total. The van der Waals surface area contributed by atoms with Crippen molar-refractivity contribution in [2.45, 2.75) is 6.42 Å². The Morgan fingerprint density at radius 3 is 0.784 bits per heavy atom. The molecule has 0 N–H and O–H groups in total. The van der Waals surface area contributed by atoms with Crippen molar-refractivity contribution in [2.75, 3.05) is 0 Å². The SMILES string of the molecule is c1ccc(-c2nc(Cc3nc(-c4ccccc4)nc(-c4ccccc4)n3)nc(-c3ccccc3)n2)cc1. The second kappa shape index (κ2) is 10.3. The quantitative estimate of drug-likeness (QED) is 0.279. The van der Waals surface area contributed by atoms with Crippen LogP contribution in [0.3, 0.4) is 0 Å². The highest BCUT2D eigenvalue weighted by molar-refractivity contribution is 5.62. The second-order valence-electron chi connectivity index (χ2n) is 8.44. The molecule has 0 saturated heterocycles. The maximum absolute atomic E-state index is 4.81. The normalized spacial score (nSPS) is 10.8. The van der Waals surface area contributed by atoms with Crippen molar-refractivity contribution in [2.24, 2.45) is 0 Å². The van der Waals surface area contributed by atoms with E-state index in [4.69, 9.17) is 29.9 Å². The summed E-state index contributed by atoms with van der Waals surface area (Å²) in [4.78, 5) is 28.8. The number of hydrogen-bond donors (Lipinski definition) is 0. The molecule has 37 heavy (non-hydrogen) atoms. The maximum Gasteiger partial charge on any atom is 0.163 e. The summed E-state index contributed by atoms with van der Waals surface area (Å²) in [5.74, 6) is 3.65. The molecule has 6 aromatic rings. The van der Waals surface area contributed by atoms with E-state index in [9.17, 15) is 0 Å². The van der Waals surface area contributed by atoms with Crippen molar-refractivity contribution >= 4 is 0 Å². The summed E-state index contributed by atoms with van der Waals surface area (Å²) in [6, 6.07) is 39.7. The Bertz CT molecular complexity index is 1380. The highest BCUT2D eigenvalue weighted by Gasteiger charge is 2.15. The Balaban J connectivity index is 1.46. The molecule has 0 saturated carbocycles. The molecule has 2 aromatic heterocycles. The summed E-state index contributed by atoms with van der Waals surface area (Å²) >= 11 is 0. The summed E-state index contributed by atoms with van der Waals surface area (Å²) < 4.78 is 0. The summed E-state index contributed by atoms with van der Waals surface area (Å²) in [6.07, 6.45) is 0.338. The molecule has 0 radical (unpaired) electrons. The molecule has 176 valence electrons. The zero-order valence-corrected chi connectivity index (χ0v) is 19.9. The van der Waals surface area contributed by atoms with E-state index < -0.39 is 0 Å². The van der Waals surface area contributed by atoms with Crippen LogP contribution in [0.2, 0.25) is 0 Å². The van der Waals surface area contributed by atoms with Crippen molar-refractivity contribution in [3.63, 3.8) is 0 Å². The van der Waals surface area contributed by atoms with Gasteiger partial charge in [-0.15, -0.1) is 0 Å². The third-order valence-corrected chi connectivity index (χ3v) is 5.81. The smallest absolute Gasteiger partial charge is 0.163 e. The van der Waals surface area contributed by atoms with Gasteiger partial charge in [0, 0.05) is 22.3 Å². The standard InChI is InChI=1S/C31H22N6/c1-5-13-22(14-6-1)28-32-26(33-29(36-28)23-15-7-2-8-16-23)21-27-34-30(24-17-9-3-10-18-24)37-31(35-27)25-19-11-4-12-20-25/h1-20H,21H2. The second-order valence-corrected chi connectivity index (χ2v) is 8.44. The van der Waals surface area contributed by atoms with Crippen LogP contribution >= 0.6 is 0 Å². The van der Waals surface area contributed by atoms with Crippen LogP contribution in [-0.4, -0.2) is 29.9 Å². The van der Waals surface area contributed by atoms with Gasteiger partial charge in [0.15, 0.2) is 23.3 Å². The van der Waals surface area contributed by atoms with Gasteiger partial charge >= 0.3 is 0 Å². The van der Waals surface area contributed by atoms with E-state index in [-0.39, 0.29) is 0 Å². The minimum atomic E-state index is 0.338. The molecule has 6 heteroatoms. The van der Waals surface area contributed by atoms with Crippen molar-refractivity contribution in [1.82, 2.24) is 29.9 Å². The van der Waals surface area contributed by atoms with Crippen LogP contribution in [0.1, 0.15) is 11.6 Å². The van der Waals surface area contributed by atoms with Crippen LogP contribution in [0.4, 0.5) is 0 Å².